The topological polar surface area (TPSA) is 66.0 Å². The molecule has 3 atom stereocenters. The average molecular weight is 396 g/mol. The van der Waals surface area contributed by atoms with E-state index in [1.165, 1.54) is 23.2 Å². The fourth-order valence-corrected chi connectivity index (χ4v) is 5.14. The fourth-order valence-electron chi connectivity index (χ4n) is 5.14. The molecule has 154 valence electrons. The highest BCUT2D eigenvalue weighted by molar-refractivity contribution is 5.75. The molecule has 2 aromatic carbocycles. The van der Waals surface area contributed by atoms with E-state index in [2.05, 4.69) is 27.7 Å². The highest BCUT2D eigenvalue weighted by Crippen LogP contribution is 2.47. The molecule has 3 aliphatic rings. The minimum atomic E-state index is -0.589. The molecule has 3 N–H and O–H groups in total. The number of hydrogen-bond donors (Lipinski definition) is 3. The number of piperidine rings is 1. The van der Waals surface area contributed by atoms with Crippen molar-refractivity contribution in [3.05, 3.63) is 47.0 Å². The number of rotatable bonds is 4. The lowest BCUT2D eigenvalue weighted by atomic mass is 9.89. The molecular formula is C23H29N3O3. The standard InChI is InChI=1S/C23H29N3O3/c1-14(27)18-11-17(28-2)3-4-21(18)25-16-9-15-13-29-8-7-26-22-5-6-24-12-20(22)19(10-16)23(15)26/h3-4,9-11,14,20,22,24-25,27H,5-8,12-13H2,1-2H3. The highest BCUT2D eigenvalue weighted by atomic mass is 16.5. The Morgan fingerprint density at radius 3 is 3.03 bits per heavy atom. The molecule has 6 nitrogen and oxygen atoms in total. The molecule has 1 fully saturated rings. The van der Waals surface area contributed by atoms with Crippen LogP contribution in [0.25, 0.3) is 0 Å². The molecule has 0 radical (unpaired) electrons. The molecule has 3 unspecified atom stereocenters. The van der Waals surface area contributed by atoms with Crippen LogP contribution >= 0.6 is 0 Å². The second kappa shape index (κ2) is 7.52. The van der Waals surface area contributed by atoms with Gasteiger partial charge in [0, 0.05) is 53.2 Å². The number of nitrogens with zero attached hydrogens (tertiary/aromatic N) is 1. The summed E-state index contributed by atoms with van der Waals surface area (Å²) >= 11 is 0. The van der Waals surface area contributed by atoms with Gasteiger partial charge in [0.2, 0.25) is 0 Å². The van der Waals surface area contributed by atoms with E-state index in [1.807, 2.05) is 18.2 Å². The number of fused-ring (bicyclic) bond motifs is 3. The van der Waals surface area contributed by atoms with Crippen LogP contribution in [-0.4, -0.2) is 44.5 Å². The monoisotopic (exact) mass is 395 g/mol. The number of aliphatic hydroxyl groups excluding tert-OH is 1. The Kier molecular flexibility index (Phi) is 4.86. The van der Waals surface area contributed by atoms with E-state index in [1.54, 1.807) is 14.0 Å². The molecular weight excluding hydrogens is 366 g/mol. The summed E-state index contributed by atoms with van der Waals surface area (Å²) < 4.78 is 11.2. The van der Waals surface area contributed by atoms with E-state index in [0.717, 1.165) is 48.9 Å². The summed E-state index contributed by atoms with van der Waals surface area (Å²) in [4.78, 5) is 2.58. The smallest absolute Gasteiger partial charge is 0.119 e. The molecule has 1 saturated heterocycles. The van der Waals surface area contributed by atoms with Gasteiger partial charge < -0.3 is 30.1 Å². The van der Waals surface area contributed by atoms with Gasteiger partial charge in [0.15, 0.2) is 0 Å². The molecule has 0 spiro atoms. The van der Waals surface area contributed by atoms with E-state index in [4.69, 9.17) is 9.47 Å². The van der Waals surface area contributed by atoms with Crippen molar-refractivity contribution >= 4 is 17.1 Å². The maximum atomic E-state index is 10.3. The Balaban J connectivity index is 1.55. The predicted octanol–water partition coefficient (Wildman–Crippen LogP) is 3.29. The lowest BCUT2D eigenvalue weighted by Gasteiger charge is -2.33. The van der Waals surface area contributed by atoms with Gasteiger partial charge in [0.05, 0.1) is 26.4 Å². The lowest BCUT2D eigenvalue weighted by Crippen LogP contribution is -2.44. The third-order valence-electron chi connectivity index (χ3n) is 6.47. The number of anilines is 3. The molecule has 3 heterocycles. The van der Waals surface area contributed by atoms with Crippen LogP contribution < -0.4 is 20.3 Å². The first-order valence-corrected chi connectivity index (χ1v) is 10.5. The average Bonchev–Trinajstić information content (AvgIpc) is 2.89. The molecule has 2 aromatic rings. The summed E-state index contributed by atoms with van der Waals surface area (Å²) in [6.07, 6.45) is 0.584. The Morgan fingerprint density at radius 1 is 1.31 bits per heavy atom. The van der Waals surface area contributed by atoms with Gasteiger partial charge in [-0.3, -0.25) is 0 Å². The van der Waals surface area contributed by atoms with Crippen LogP contribution in [0.1, 0.15) is 42.1 Å². The van der Waals surface area contributed by atoms with E-state index < -0.39 is 6.10 Å². The quantitative estimate of drug-likeness (QED) is 0.738. The first kappa shape index (κ1) is 18.7. The molecule has 5 rings (SSSR count). The van der Waals surface area contributed by atoms with Crippen LogP contribution in [0.3, 0.4) is 0 Å². The number of nitrogens with one attached hydrogen (secondary N) is 2. The number of hydrogen-bond acceptors (Lipinski definition) is 6. The summed E-state index contributed by atoms with van der Waals surface area (Å²) in [5.74, 6) is 1.26. The number of aliphatic hydroxyl groups is 1. The van der Waals surface area contributed by atoms with Gasteiger partial charge in [-0.2, -0.15) is 0 Å². The van der Waals surface area contributed by atoms with Crippen molar-refractivity contribution in [1.82, 2.24) is 5.32 Å². The second-order valence-corrected chi connectivity index (χ2v) is 8.24. The van der Waals surface area contributed by atoms with Gasteiger partial charge in [0.1, 0.15) is 5.75 Å². The van der Waals surface area contributed by atoms with Crippen molar-refractivity contribution in [2.45, 2.75) is 38.0 Å². The van der Waals surface area contributed by atoms with E-state index in [9.17, 15) is 5.11 Å². The number of methoxy groups -OCH3 is 1. The van der Waals surface area contributed by atoms with Gasteiger partial charge >= 0.3 is 0 Å². The maximum Gasteiger partial charge on any atom is 0.119 e. The molecule has 3 aliphatic heterocycles. The minimum Gasteiger partial charge on any atom is -0.497 e. The zero-order valence-corrected chi connectivity index (χ0v) is 17.1. The van der Waals surface area contributed by atoms with E-state index in [0.29, 0.717) is 18.6 Å². The van der Waals surface area contributed by atoms with Crippen LogP contribution in [0.2, 0.25) is 0 Å². The molecule has 29 heavy (non-hydrogen) atoms. The molecule has 0 saturated carbocycles. The van der Waals surface area contributed by atoms with Gasteiger partial charge in [-0.1, -0.05) is 0 Å². The van der Waals surface area contributed by atoms with Crippen LogP contribution in [0.4, 0.5) is 17.1 Å². The summed E-state index contributed by atoms with van der Waals surface area (Å²) in [6, 6.07) is 10.8. The fraction of sp³-hybridized carbons (Fsp3) is 0.478. The van der Waals surface area contributed by atoms with Crippen LogP contribution in [0.15, 0.2) is 30.3 Å². The molecule has 0 aromatic heterocycles. The Labute approximate surface area is 171 Å². The van der Waals surface area contributed by atoms with Crippen molar-refractivity contribution in [3.8, 4) is 5.75 Å². The Bertz CT molecular complexity index is 914. The minimum absolute atomic E-state index is 0.518. The van der Waals surface area contributed by atoms with Gasteiger partial charge in [-0.05, 0) is 55.8 Å². The Hall–Kier alpha value is -2.28. The number of ether oxygens (including phenoxy) is 2. The summed E-state index contributed by atoms with van der Waals surface area (Å²) in [5.41, 5.74) is 6.82. The van der Waals surface area contributed by atoms with Gasteiger partial charge in [0.25, 0.3) is 0 Å². The predicted molar refractivity (Wildman–Crippen MR) is 114 cm³/mol. The van der Waals surface area contributed by atoms with Crippen molar-refractivity contribution in [2.24, 2.45) is 0 Å². The first-order valence-electron chi connectivity index (χ1n) is 10.5. The van der Waals surface area contributed by atoms with Crippen molar-refractivity contribution < 1.29 is 14.6 Å². The summed E-state index contributed by atoms with van der Waals surface area (Å²) in [7, 11) is 1.64. The summed E-state index contributed by atoms with van der Waals surface area (Å²) in [6.45, 7) is 6.28. The zero-order valence-electron chi connectivity index (χ0n) is 17.1. The lowest BCUT2D eigenvalue weighted by molar-refractivity contribution is 0.130. The van der Waals surface area contributed by atoms with Crippen molar-refractivity contribution in [1.29, 1.82) is 0 Å². The third-order valence-corrected chi connectivity index (χ3v) is 6.47. The van der Waals surface area contributed by atoms with Crippen LogP contribution in [-0.2, 0) is 11.3 Å². The van der Waals surface area contributed by atoms with Gasteiger partial charge in [-0.15, -0.1) is 0 Å². The second-order valence-electron chi connectivity index (χ2n) is 8.24. The molecule has 0 amide bonds. The van der Waals surface area contributed by atoms with Crippen LogP contribution in [0, 0.1) is 0 Å². The van der Waals surface area contributed by atoms with E-state index in [-0.39, 0.29) is 0 Å². The number of benzene rings is 2. The maximum absolute atomic E-state index is 10.3. The van der Waals surface area contributed by atoms with Crippen LogP contribution in [0.5, 0.6) is 5.75 Å². The zero-order chi connectivity index (χ0) is 20.0. The van der Waals surface area contributed by atoms with Gasteiger partial charge in [-0.25, -0.2) is 0 Å². The molecule has 6 heteroatoms. The van der Waals surface area contributed by atoms with Crippen molar-refractivity contribution in [2.75, 3.05) is 43.6 Å². The van der Waals surface area contributed by atoms with E-state index >= 15 is 0 Å². The normalized spacial score (nSPS) is 23.8. The van der Waals surface area contributed by atoms with Crippen molar-refractivity contribution in [3.63, 3.8) is 0 Å². The largest absolute Gasteiger partial charge is 0.497 e. The molecule has 0 bridgehead atoms. The molecule has 0 aliphatic carbocycles. The third kappa shape index (κ3) is 3.25. The Morgan fingerprint density at radius 2 is 2.21 bits per heavy atom. The SMILES string of the molecule is COc1ccc(Nc2cc3c4c(c2)C2CNCCC2N4CCOC3)c(C(C)O)c1. The highest BCUT2D eigenvalue weighted by Gasteiger charge is 2.41. The summed E-state index contributed by atoms with van der Waals surface area (Å²) in [5, 5.41) is 17.4. The first-order chi connectivity index (χ1) is 14.2.